The van der Waals surface area contributed by atoms with Crippen molar-refractivity contribution in [3.63, 3.8) is 0 Å². The van der Waals surface area contributed by atoms with E-state index in [1.807, 2.05) is 29.2 Å². The predicted molar refractivity (Wildman–Crippen MR) is 118 cm³/mol. The van der Waals surface area contributed by atoms with E-state index in [2.05, 4.69) is 5.16 Å². The van der Waals surface area contributed by atoms with E-state index in [0.717, 1.165) is 42.5 Å². The zero-order valence-electron chi connectivity index (χ0n) is 18.3. The van der Waals surface area contributed by atoms with Crippen LogP contribution in [0.4, 0.5) is 4.39 Å². The minimum atomic E-state index is -0.302. The number of halogens is 1. The number of hydrogen-bond acceptors (Lipinski definition) is 5. The third-order valence-electron chi connectivity index (χ3n) is 5.87. The highest BCUT2D eigenvalue weighted by atomic mass is 19.1. The van der Waals surface area contributed by atoms with Gasteiger partial charge in [0.1, 0.15) is 11.5 Å². The molecule has 0 radical (unpaired) electrons. The third kappa shape index (κ3) is 4.77. The standard InChI is InChI=1S/C25H27FN2O4/c1-30-22-12-7-17(14-24(22)31-2)15-25(29)28-13-5-3-4-6-21(28)20-16-23(32-27-20)18-8-10-19(26)11-9-18/h7-12,14,16,21H,3-6,13,15H2,1-2H3/t21-/m1/s1. The molecule has 3 aromatic rings. The topological polar surface area (TPSA) is 64.8 Å². The summed E-state index contributed by atoms with van der Waals surface area (Å²) in [5, 5.41) is 4.27. The lowest BCUT2D eigenvalue weighted by Crippen LogP contribution is -2.36. The minimum absolute atomic E-state index is 0.0375. The molecule has 4 rings (SSSR count). The lowest BCUT2D eigenvalue weighted by Gasteiger charge is -2.28. The van der Waals surface area contributed by atoms with E-state index in [9.17, 15) is 9.18 Å². The Balaban J connectivity index is 1.55. The van der Waals surface area contributed by atoms with Gasteiger partial charge in [0.2, 0.25) is 5.91 Å². The van der Waals surface area contributed by atoms with Crippen molar-refractivity contribution in [2.45, 2.75) is 38.1 Å². The molecule has 1 amide bonds. The van der Waals surface area contributed by atoms with Crippen molar-refractivity contribution < 1.29 is 23.2 Å². The highest BCUT2D eigenvalue weighted by molar-refractivity contribution is 5.79. The number of amides is 1. The second-order valence-electron chi connectivity index (χ2n) is 7.94. The van der Waals surface area contributed by atoms with Gasteiger partial charge in [-0.15, -0.1) is 0 Å². The number of carbonyl (C=O) groups excluding carboxylic acids is 1. The number of ether oxygens (including phenoxy) is 2. The van der Waals surface area contributed by atoms with E-state index in [0.29, 0.717) is 23.8 Å². The fourth-order valence-corrected chi connectivity index (χ4v) is 4.18. The molecule has 0 saturated carbocycles. The van der Waals surface area contributed by atoms with Gasteiger partial charge in [0.05, 0.1) is 26.7 Å². The van der Waals surface area contributed by atoms with Crippen molar-refractivity contribution >= 4 is 5.91 Å². The molecule has 7 heteroatoms. The van der Waals surface area contributed by atoms with E-state index in [1.54, 1.807) is 26.4 Å². The SMILES string of the molecule is COc1ccc(CC(=O)N2CCCCC[C@@H]2c2cc(-c3ccc(F)cc3)on2)cc1OC. The first-order valence-electron chi connectivity index (χ1n) is 10.8. The fraction of sp³-hybridized carbons (Fsp3) is 0.360. The van der Waals surface area contributed by atoms with Gasteiger partial charge in [-0.25, -0.2) is 4.39 Å². The van der Waals surface area contributed by atoms with Crippen LogP contribution < -0.4 is 9.47 Å². The molecule has 1 aromatic heterocycles. The van der Waals surface area contributed by atoms with Crippen molar-refractivity contribution in [2.75, 3.05) is 20.8 Å². The molecule has 0 bridgehead atoms. The summed E-state index contributed by atoms with van der Waals surface area (Å²) in [5.74, 6) is 1.54. The van der Waals surface area contributed by atoms with Crippen molar-refractivity contribution in [2.24, 2.45) is 0 Å². The fourth-order valence-electron chi connectivity index (χ4n) is 4.18. The molecule has 168 valence electrons. The number of aromatic nitrogens is 1. The molecule has 0 aliphatic carbocycles. The summed E-state index contributed by atoms with van der Waals surface area (Å²) in [7, 11) is 3.17. The molecule has 2 heterocycles. The Kier molecular flexibility index (Phi) is 6.73. The van der Waals surface area contributed by atoms with E-state index in [1.165, 1.54) is 12.1 Å². The van der Waals surface area contributed by atoms with Gasteiger partial charge in [-0.05, 0) is 54.8 Å². The van der Waals surface area contributed by atoms with Gasteiger partial charge in [0, 0.05) is 18.2 Å². The third-order valence-corrected chi connectivity index (χ3v) is 5.87. The maximum absolute atomic E-state index is 13.3. The number of nitrogens with zero attached hydrogens (tertiary/aromatic N) is 2. The molecule has 1 atom stereocenters. The Morgan fingerprint density at radius 3 is 2.59 bits per heavy atom. The number of benzene rings is 2. The average molecular weight is 438 g/mol. The summed E-state index contributed by atoms with van der Waals surface area (Å²) in [6.07, 6.45) is 4.13. The predicted octanol–water partition coefficient (Wildman–Crippen LogP) is 5.18. The summed E-state index contributed by atoms with van der Waals surface area (Å²) in [6, 6.07) is 13.3. The highest BCUT2D eigenvalue weighted by Crippen LogP contribution is 2.33. The van der Waals surface area contributed by atoms with E-state index in [4.69, 9.17) is 14.0 Å². The van der Waals surface area contributed by atoms with E-state index >= 15 is 0 Å². The first-order valence-corrected chi connectivity index (χ1v) is 10.8. The maximum Gasteiger partial charge on any atom is 0.227 e. The summed E-state index contributed by atoms with van der Waals surface area (Å²) in [5.41, 5.74) is 2.34. The summed E-state index contributed by atoms with van der Waals surface area (Å²) >= 11 is 0. The van der Waals surface area contributed by atoms with Gasteiger partial charge in [0.15, 0.2) is 17.3 Å². The van der Waals surface area contributed by atoms with Crippen LogP contribution in [-0.4, -0.2) is 36.7 Å². The largest absolute Gasteiger partial charge is 0.493 e. The highest BCUT2D eigenvalue weighted by Gasteiger charge is 2.29. The van der Waals surface area contributed by atoms with Crippen molar-refractivity contribution in [3.05, 3.63) is 65.6 Å². The van der Waals surface area contributed by atoms with Gasteiger partial charge in [-0.1, -0.05) is 24.1 Å². The monoisotopic (exact) mass is 438 g/mol. The van der Waals surface area contributed by atoms with Crippen molar-refractivity contribution in [1.82, 2.24) is 10.1 Å². The van der Waals surface area contributed by atoms with Gasteiger partial charge in [-0.2, -0.15) is 0 Å². The van der Waals surface area contributed by atoms with Crippen molar-refractivity contribution in [3.8, 4) is 22.8 Å². The Bertz CT molecular complexity index is 1060. The second kappa shape index (κ2) is 9.85. The molecule has 1 aliphatic heterocycles. The van der Waals surface area contributed by atoms with Crippen LogP contribution >= 0.6 is 0 Å². The molecule has 1 aliphatic rings. The molecule has 0 spiro atoms. The lowest BCUT2D eigenvalue weighted by molar-refractivity contribution is -0.133. The average Bonchev–Trinajstić information content (AvgIpc) is 3.16. The molecule has 0 unspecified atom stereocenters. The summed E-state index contributed by atoms with van der Waals surface area (Å²) in [4.78, 5) is 15.2. The van der Waals surface area contributed by atoms with Crippen molar-refractivity contribution in [1.29, 1.82) is 0 Å². The summed E-state index contributed by atoms with van der Waals surface area (Å²) in [6.45, 7) is 0.676. The molecule has 6 nitrogen and oxygen atoms in total. The van der Waals surface area contributed by atoms with Crippen LogP contribution in [-0.2, 0) is 11.2 Å². The zero-order chi connectivity index (χ0) is 22.5. The smallest absolute Gasteiger partial charge is 0.227 e. The van der Waals surface area contributed by atoms with Crippen LogP contribution in [0.15, 0.2) is 53.1 Å². The minimum Gasteiger partial charge on any atom is -0.493 e. The Morgan fingerprint density at radius 1 is 1.06 bits per heavy atom. The number of rotatable bonds is 6. The van der Waals surface area contributed by atoms with Crippen LogP contribution in [0, 0.1) is 5.82 Å². The zero-order valence-corrected chi connectivity index (χ0v) is 18.3. The van der Waals surface area contributed by atoms with Gasteiger partial charge < -0.3 is 18.9 Å². The van der Waals surface area contributed by atoms with Crippen LogP contribution in [0.3, 0.4) is 0 Å². The number of hydrogen-bond donors (Lipinski definition) is 0. The first kappa shape index (κ1) is 21.9. The number of methoxy groups -OCH3 is 2. The van der Waals surface area contributed by atoms with Gasteiger partial charge >= 0.3 is 0 Å². The second-order valence-corrected chi connectivity index (χ2v) is 7.94. The molecule has 1 saturated heterocycles. The van der Waals surface area contributed by atoms with Crippen LogP contribution in [0.2, 0.25) is 0 Å². The van der Waals surface area contributed by atoms with E-state index < -0.39 is 0 Å². The molecule has 0 N–H and O–H groups in total. The Labute approximate surface area is 186 Å². The molecule has 1 fully saturated rings. The first-order chi connectivity index (χ1) is 15.6. The maximum atomic E-state index is 13.3. The van der Waals surface area contributed by atoms with Crippen LogP contribution in [0.1, 0.15) is 43.0 Å². The number of carbonyl (C=O) groups is 1. The van der Waals surface area contributed by atoms with Gasteiger partial charge in [0.25, 0.3) is 0 Å². The summed E-state index contributed by atoms with van der Waals surface area (Å²) < 4.78 is 29.5. The molecular formula is C25H27FN2O4. The van der Waals surface area contributed by atoms with Crippen LogP contribution in [0.25, 0.3) is 11.3 Å². The lowest BCUT2D eigenvalue weighted by atomic mass is 10.0. The van der Waals surface area contributed by atoms with Crippen LogP contribution in [0.5, 0.6) is 11.5 Å². The normalized spacial score (nSPS) is 16.5. The van der Waals surface area contributed by atoms with E-state index in [-0.39, 0.29) is 24.2 Å². The Hall–Kier alpha value is -3.35. The molecule has 32 heavy (non-hydrogen) atoms. The Morgan fingerprint density at radius 2 is 1.84 bits per heavy atom. The molecule has 2 aromatic carbocycles. The molecular weight excluding hydrogens is 411 g/mol. The number of likely N-dealkylation sites (tertiary alicyclic amines) is 1. The quantitative estimate of drug-likeness (QED) is 0.530. The van der Waals surface area contributed by atoms with Gasteiger partial charge in [-0.3, -0.25) is 4.79 Å².